The summed E-state index contributed by atoms with van der Waals surface area (Å²) >= 11 is 0. The van der Waals surface area contributed by atoms with E-state index in [-0.39, 0.29) is 15.8 Å². The molecular formula is C10H11N3O4S2. The van der Waals surface area contributed by atoms with E-state index in [1.54, 1.807) is 0 Å². The van der Waals surface area contributed by atoms with Crippen LogP contribution in [0.1, 0.15) is 12.8 Å². The lowest BCUT2D eigenvalue weighted by atomic mass is 10.3. The Morgan fingerprint density at radius 1 is 1.32 bits per heavy atom. The average Bonchev–Trinajstić information content (AvgIpc) is 3.11. The summed E-state index contributed by atoms with van der Waals surface area (Å²) in [5.41, 5.74) is 0.320. The van der Waals surface area contributed by atoms with Gasteiger partial charge in [-0.3, -0.25) is 0 Å². The van der Waals surface area contributed by atoms with Crippen molar-refractivity contribution < 1.29 is 16.8 Å². The van der Waals surface area contributed by atoms with Gasteiger partial charge < -0.3 is 5.32 Å². The van der Waals surface area contributed by atoms with Crippen molar-refractivity contribution in [2.75, 3.05) is 5.32 Å². The highest BCUT2D eigenvalue weighted by atomic mass is 32.2. The molecule has 0 bridgehead atoms. The molecular weight excluding hydrogens is 290 g/mol. The molecule has 1 heterocycles. The minimum Gasteiger partial charge on any atom is -0.345 e. The molecule has 0 spiro atoms. The highest BCUT2D eigenvalue weighted by molar-refractivity contribution is 7.91. The van der Waals surface area contributed by atoms with E-state index in [0.29, 0.717) is 5.69 Å². The van der Waals surface area contributed by atoms with Gasteiger partial charge in [-0.1, -0.05) is 0 Å². The zero-order valence-corrected chi connectivity index (χ0v) is 11.3. The number of hydrogen-bond donors (Lipinski definition) is 2. The summed E-state index contributed by atoms with van der Waals surface area (Å²) in [5.74, 6) is 0. The maximum Gasteiger partial charge on any atom is 0.285 e. The quantitative estimate of drug-likeness (QED) is 0.834. The standard InChI is InChI=1S/C10H11N3O4S2/c14-18(15,13-7-1-2-7)8-3-4-9-10(5-8)19(16,17)12-6-11-9/h3-7,13H,1-2H2,(H,11,12). The molecule has 9 heteroatoms. The van der Waals surface area contributed by atoms with Gasteiger partial charge >= 0.3 is 0 Å². The monoisotopic (exact) mass is 301 g/mol. The lowest BCUT2D eigenvalue weighted by Gasteiger charge is -2.13. The summed E-state index contributed by atoms with van der Waals surface area (Å²) in [6.07, 6.45) is 2.69. The number of benzene rings is 1. The fourth-order valence-electron chi connectivity index (χ4n) is 1.71. The van der Waals surface area contributed by atoms with Crippen molar-refractivity contribution in [3.8, 4) is 0 Å². The average molecular weight is 301 g/mol. The lowest BCUT2D eigenvalue weighted by Crippen LogP contribution is -2.26. The van der Waals surface area contributed by atoms with Crippen molar-refractivity contribution in [3.63, 3.8) is 0 Å². The Bertz CT molecular complexity index is 764. The van der Waals surface area contributed by atoms with Crippen LogP contribution in [0.25, 0.3) is 0 Å². The molecule has 7 nitrogen and oxygen atoms in total. The number of hydrogen-bond acceptors (Lipinski definition) is 5. The second-order valence-electron chi connectivity index (χ2n) is 4.41. The SMILES string of the molecule is O=S1(=O)N=CNc2ccc(S(=O)(=O)NC3CC3)cc21. The van der Waals surface area contributed by atoms with Crippen molar-refractivity contribution >= 4 is 32.1 Å². The number of rotatable bonds is 3. The van der Waals surface area contributed by atoms with Crippen molar-refractivity contribution in [1.29, 1.82) is 0 Å². The van der Waals surface area contributed by atoms with Gasteiger partial charge in [0, 0.05) is 6.04 Å². The summed E-state index contributed by atoms with van der Waals surface area (Å²) in [6.45, 7) is 0. The van der Waals surface area contributed by atoms with E-state index >= 15 is 0 Å². The molecule has 0 unspecified atom stereocenters. The first kappa shape index (κ1) is 12.6. The smallest absolute Gasteiger partial charge is 0.285 e. The van der Waals surface area contributed by atoms with Crippen LogP contribution in [0.3, 0.4) is 0 Å². The first-order valence-electron chi connectivity index (χ1n) is 5.60. The Balaban J connectivity index is 2.07. The number of anilines is 1. The Hall–Kier alpha value is -1.45. The van der Waals surface area contributed by atoms with E-state index in [0.717, 1.165) is 25.2 Å². The topological polar surface area (TPSA) is 105 Å². The first-order valence-corrected chi connectivity index (χ1v) is 8.52. The van der Waals surface area contributed by atoms with Crippen LogP contribution < -0.4 is 10.0 Å². The normalized spacial score (nSPS) is 20.6. The van der Waals surface area contributed by atoms with Gasteiger partial charge in [-0.2, -0.15) is 8.42 Å². The molecule has 1 aliphatic heterocycles. The highest BCUT2D eigenvalue weighted by Gasteiger charge is 2.30. The first-order chi connectivity index (χ1) is 8.88. The molecule has 1 aliphatic carbocycles. The van der Waals surface area contributed by atoms with Gasteiger partial charge in [-0.25, -0.2) is 13.1 Å². The predicted molar refractivity (Wildman–Crippen MR) is 69.1 cm³/mol. The van der Waals surface area contributed by atoms with Crippen molar-refractivity contribution in [2.24, 2.45) is 4.40 Å². The summed E-state index contributed by atoms with van der Waals surface area (Å²) in [7, 11) is -7.50. The van der Waals surface area contributed by atoms with E-state index in [4.69, 9.17) is 0 Å². The number of nitrogens with one attached hydrogen (secondary N) is 2. The third kappa shape index (κ3) is 2.36. The van der Waals surface area contributed by atoms with E-state index in [2.05, 4.69) is 14.4 Å². The second-order valence-corrected chi connectivity index (χ2v) is 7.72. The summed E-state index contributed by atoms with van der Waals surface area (Å²) in [6, 6.07) is 3.87. The molecule has 3 rings (SSSR count). The van der Waals surface area contributed by atoms with Crippen LogP contribution in [0.5, 0.6) is 0 Å². The van der Waals surface area contributed by atoms with Gasteiger partial charge in [0.2, 0.25) is 10.0 Å². The van der Waals surface area contributed by atoms with E-state index in [1.807, 2.05) is 0 Å². The van der Waals surface area contributed by atoms with Gasteiger partial charge in [-0.05, 0) is 31.0 Å². The third-order valence-corrected chi connectivity index (χ3v) is 5.65. The Morgan fingerprint density at radius 3 is 2.74 bits per heavy atom. The van der Waals surface area contributed by atoms with Crippen molar-refractivity contribution in [3.05, 3.63) is 18.2 Å². The molecule has 1 aromatic rings. The number of fused-ring (bicyclic) bond motifs is 1. The molecule has 0 atom stereocenters. The zero-order chi connectivity index (χ0) is 13.7. The molecule has 0 radical (unpaired) electrons. The maximum absolute atomic E-state index is 12.0. The minimum atomic E-state index is -3.82. The van der Waals surface area contributed by atoms with Gasteiger partial charge in [0.1, 0.15) is 11.2 Å². The Labute approximate surface area is 110 Å². The summed E-state index contributed by atoms with van der Waals surface area (Å²) in [4.78, 5) is -0.200. The van der Waals surface area contributed by atoms with Crippen molar-refractivity contribution in [2.45, 2.75) is 28.7 Å². The Kier molecular flexibility index (Phi) is 2.66. The molecule has 19 heavy (non-hydrogen) atoms. The minimum absolute atomic E-state index is 0.0335. The van der Waals surface area contributed by atoms with Gasteiger partial charge in [0.25, 0.3) is 10.0 Å². The molecule has 2 N–H and O–H groups in total. The number of nitrogens with zero attached hydrogens (tertiary/aromatic N) is 1. The molecule has 1 saturated carbocycles. The summed E-state index contributed by atoms with van der Waals surface area (Å²) < 4.78 is 53.3. The molecule has 0 aromatic heterocycles. The molecule has 1 fully saturated rings. The lowest BCUT2D eigenvalue weighted by molar-refractivity contribution is 0.580. The zero-order valence-electron chi connectivity index (χ0n) is 9.70. The second kappa shape index (κ2) is 4.02. The van der Waals surface area contributed by atoms with Crippen molar-refractivity contribution in [1.82, 2.24) is 4.72 Å². The fourth-order valence-corrected chi connectivity index (χ4v) is 4.10. The van der Waals surface area contributed by atoms with Crippen LogP contribution in [-0.2, 0) is 20.0 Å². The molecule has 0 amide bonds. The predicted octanol–water partition coefficient (Wildman–Crippen LogP) is 0.270. The fraction of sp³-hybridized carbons (Fsp3) is 0.300. The molecule has 0 saturated heterocycles. The highest BCUT2D eigenvalue weighted by Crippen LogP contribution is 2.29. The van der Waals surface area contributed by atoms with E-state index in [1.165, 1.54) is 12.1 Å². The van der Waals surface area contributed by atoms with Gasteiger partial charge in [-0.15, -0.1) is 4.40 Å². The molecule has 2 aliphatic rings. The van der Waals surface area contributed by atoms with Crippen LogP contribution in [0.4, 0.5) is 5.69 Å². The third-order valence-electron chi connectivity index (χ3n) is 2.85. The number of sulfonamides is 2. The van der Waals surface area contributed by atoms with E-state index in [9.17, 15) is 16.8 Å². The van der Waals surface area contributed by atoms with Crippen LogP contribution in [0.2, 0.25) is 0 Å². The largest absolute Gasteiger partial charge is 0.345 e. The van der Waals surface area contributed by atoms with Gasteiger partial charge in [0.05, 0.1) is 10.6 Å². The molecule has 102 valence electrons. The molecule has 1 aromatic carbocycles. The van der Waals surface area contributed by atoms with Crippen LogP contribution in [0.15, 0.2) is 32.4 Å². The van der Waals surface area contributed by atoms with Crippen LogP contribution in [0, 0.1) is 0 Å². The van der Waals surface area contributed by atoms with E-state index < -0.39 is 20.0 Å². The summed E-state index contributed by atoms with van der Waals surface area (Å²) in [5, 5.41) is 2.66. The Morgan fingerprint density at radius 2 is 2.05 bits per heavy atom. The van der Waals surface area contributed by atoms with Gasteiger partial charge in [0.15, 0.2) is 0 Å². The van der Waals surface area contributed by atoms with Crippen LogP contribution >= 0.6 is 0 Å². The maximum atomic E-state index is 12.0. The van der Waals surface area contributed by atoms with Crippen LogP contribution in [-0.4, -0.2) is 29.2 Å².